The molecule has 1 aromatic heterocycles. The number of primary amides is 1. The summed E-state index contributed by atoms with van der Waals surface area (Å²) in [4.78, 5) is 28.9. The molecule has 4 heterocycles. The fraction of sp³-hybridized carbons (Fsp3) is 0.583. The van der Waals surface area contributed by atoms with Crippen molar-refractivity contribution in [3.05, 3.63) is 47.3 Å². The van der Waals surface area contributed by atoms with Crippen molar-refractivity contribution in [2.24, 2.45) is 11.7 Å². The van der Waals surface area contributed by atoms with Crippen LogP contribution in [0.2, 0.25) is 0 Å². The predicted octanol–water partition coefficient (Wildman–Crippen LogP) is 0.667. The quantitative estimate of drug-likeness (QED) is 0.588. The molecule has 4 atom stereocenters. The van der Waals surface area contributed by atoms with Crippen LogP contribution < -0.4 is 11.1 Å². The summed E-state index contributed by atoms with van der Waals surface area (Å²) in [6.07, 6.45) is 6.80. The average molecular weight is 466 g/mol. The summed E-state index contributed by atoms with van der Waals surface area (Å²) in [5.74, 6) is 0.0860. The smallest absolute Gasteiger partial charge is 0.239 e. The van der Waals surface area contributed by atoms with Gasteiger partial charge < -0.3 is 15.4 Å². The molecule has 3 N–H and O–H groups in total. The lowest BCUT2D eigenvalue weighted by atomic mass is 9.79. The Morgan fingerprint density at radius 1 is 1.32 bits per heavy atom. The summed E-state index contributed by atoms with van der Waals surface area (Å²) in [6.45, 7) is 2.76. The molecule has 1 spiro atoms. The van der Waals surface area contributed by atoms with E-state index in [1.54, 1.807) is 6.20 Å². The van der Waals surface area contributed by atoms with E-state index in [0.717, 1.165) is 25.7 Å². The predicted molar refractivity (Wildman–Crippen MR) is 122 cm³/mol. The number of nitrogens with one attached hydrogen (secondary N) is 1. The topological polar surface area (TPSA) is 119 Å². The summed E-state index contributed by atoms with van der Waals surface area (Å²) in [6, 6.07) is 8.63. The van der Waals surface area contributed by atoms with Gasteiger partial charge in [0, 0.05) is 6.04 Å². The van der Waals surface area contributed by atoms with Gasteiger partial charge in [0.05, 0.1) is 24.8 Å². The molecule has 5 aliphatic rings. The number of carbonyl (C=O) groups is 2. The van der Waals surface area contributed by atoms with Gasteiger partial charge in [-0.15, -0.1) is 5.10 Å². The van der Waals surface area contributed by atoms with Gasteiger partial charge in [-0.3, -0.25) is 14.9 Å². The highest BCUT2D eigenvalue weighted by molar-refractivity contribution is 5.79. The molecule has 10 nitrogen and oxygen atoms in total. The highest BCUT2D eigenvalue weighted by Gasteiger charge is 2.64. The number of amides is 2. The van der Waals surface area contributed by atoms with E-state index in [4.69, 9.17) is 10.5 Å². The molecular formula is C24H31N7O3. The van der Waals surface area contributed by atoms with Crippen LogP contribution in [0.1, 0.15) is 49.4 Å². The highest BCUT2D eigenvalue weighted by Crippen LogP contribution is 2.51. The number of carbonyl (C=O) groups excluding carboxylic acids is 2. The van der Waals surface area contributed by atoms with Crippen molar-refractivity contribution < 1.29 is 14.3 Å². The lowest BCUT2D eigenvalue weighted by Crippen LogP contribution is -2.59. The molecule has 2 unspecified atom stereocenters. The van der Waals surface area contributed by atoms with Crippen LogP contribution in [0.25, 0.3) is 0 Å². The van der Waals surface area contributed by atoms with E-state index in [2.05, 4.69) is 51.7 Å². The van der Waals surface area contributed by atoms with Gasteiger partial charge in [-0.1, -0.05) is 35.9 Å². The number of rotatable bonds is 8. The summed E-state index contributed by atoms with van der Waals surface area (Å²) in [5, 5.41) is 11.8. The average Bonchev–Trinajstić information content (AvgIpc) is 3.52. The number of nitrogens with zero attached hydrogens (tertiary/aromatic N) is 5. The second kappa shape index (κ2) is 8.14. The number of fused-ring (bicyclic) bond motifs is 1. The monoisotopic (exact) mass is 465 g/mol. The number of hydrogen-bond acceptors (Lipinski definition) is 7. The van der Waals surface area contributed by atoms with Gasteiger partial charge >= 0.3 is 0 Å². The van der Waals surface area contributed by atoms with Crippen LogP contribution in [-0.4, -0.2) is 61.8 Å². The molecule has 3 aliphatic heterocycles. The van der Waals surface area contributed by atoms with Crippen LogP contribution in [0.4, 0.5) is 0 Å². The second-order valence-electron chi connectivity index (χ2n) is 10.1. The Bertz CT molecular complexity index is 1120. The van der Waals surface area contributed by atoms with Crippen molar-refractivity contribution >= 4 is 11.8 Å². The standard InChI is InChI=1S/C24H31N7O3/c1-15(16-6-4-7-16)30(12-18-11-29(28-27-18)13-20(25)32)21(33)14-31-22-24(26-23(31)34-22)10-9-17-5-2-3-8-19(17)24/h2-3,5,8,11,15-16,22-23,26H,4,6-7,9-10,12-14H2,1H3,(H2,25,32)/t15-,22?,23-,24?/m0/s1. The lowest BCUT2D eigenvalue weighted by molar-refractivity contribution is -0.249. The zero-order valence-corrected chi connectivity index (χ0v) is 19.4. The lowest BCUT2D eigenvalue weighted by Gasteiger charge is -2.44. The molecule has 7 rings (SSSR count). The first kappa shape index (κ1) is 21.7. The third-order valence-corrected chi connectivity index (χ3v) is 8.15. The van der Waals surface area contributed by atoms with E-state index in [0.29, 0.717) is 24.7 Å². The maximum absolute atomic E-state index is 13.7. The highest BCUT2D eigenvalue weighted by atomic mass is 16.6. The fourth-order valence-corrected chi connectivity index (χ4v) is 6.07. The number of ether oxygens (including phenoxy) is 1. The Morgan fingerprint density at radius 2 is 2.15 bits per heavy atom. The van der Waals surface area contributed by atoms with Gasteiger partial charge in [0.25, 0.3) is 0 Å². The molecule has 2 aliphatic carbocycles. The van der Waals surface area contributed by atoms with E-state index in [1.165, 1.54) is 22.2 Å². The molecule has 2 aromatic rings. The Labute approximate surface area is 198 Å². The maximum Gasteiger partial charge on any atom is 0.239 e. The normalized spacial score (nSPS) is 28.4. The van der Waals surface area contributed by atoms with Crippen LogP contribution >= 0.6 is 0 Å². The Balaban J connectivity index is 1.18. The van der Waals surface area contributed by atoms with Gasteiger partial charge in [-0.25, -0.2) is 9.58 Å². The number of nitrogens with two attached hydrogens (primary N) is 1. The van der Waals surface area contributed by atoms with E-state index < -0.39 is 5.91 Å². The number of hydrogen-bond donors (Lipinski definition) is 2. The third-order valence-electron chi connectivity index (χ3n) is 8.15. The first-order valence-electron chi connectivity index (χ1n) is 12.2. The SMILES string of the molecule is C[C@@H](C1CCC1)N(Cc1cn(CC(N)=O)nn1)C(=O)CN1C2O[C@H]1NC21CCc2ccccc21. The van der Waals surface area contributed by atoms with Gasteiger partial charge in [-0.05, 0) is 49.7 Å². The van der Waals surface area contributed by atoms with Crippen molar-refractivity contribution in [1.29, 1.82) is 0 Å². The minimum atomic E-state index is -0.476. The molecule has 180 valence electrons. The molecule has 2 bridgehead atoms. The van der Waals surface area contributed by atoms with Gasteiger partial charge in [-0.2, -0.15) is 0 Å². The molecule has 4 fully saturated rings. The second-order valence-corrected chi connectivity index (χ2v) is 10.1. The largest absolute Gasteiger partial charge is 0.368 e. The van der Waals surface area contributed by atoms with E-state index in [-0.39, 0.29) is 36.6 Å². The Kier molecular flexibility index (Phi) is 5.20. The van der Waals surface area contributed by atoms with Crippen LogP contribution in [0.3, 0.4) is 0 Å². The summed E-state index contributed by atoms with van der Waals surface area (Å²) < 4.78 is 7.53. The van der Waals surface area contributed by atoms with Crippen molar-refractivity contribution in [3.8, 4) is 0 Å². The van der Waals surface area contributed by atoms with Crippen LogP contribution in [0.15, 0.2) is 30.5 Å². The molecule has 3 saturated heterocycles. The maximum atomic E-state index is 13.7. The summed E-state index contributed by atoms with van der Waals surface area (Å²) in [7, 11) is 0. The number of benzene rings is 1. The first-order chi connectivity index (χ1) is 16.4. The number of aromatic nitrogens is 3. The fourth-order valence-electron chi connectivity index (χ4n) is 6.07. The molecule has 1 aromatic carbocycles. The van der Waals surface area contributed by atoms with Crippen molar-refractivity contribution in [2.75, 3.05) is 6.54 Å². The molecule has 1 saturated carbocycles. The summed E-state index contributed by atoms with van der Waals surface area (Å²) in [5.41, 5.74) is 8.34. The van der Waals surface area contributed by atoms with Gasteiger partial charge in [0.15, 0.2) is 6.35 Å². The zero-order valence-electron chi connectivity index (χ0n) is 19.4. The molecule has 34 heavy (non-hydrogen) atoms. The minimum absolute atomic E-state index is 0.0250. The Hall–Kier alpha value is -2.82. The molecule has 0 radical (unpaired) electrons. The van der Waals surface area contributed by atoms with Crippen LogP contribution in [0, 0.1) is 5.92 Å². The van der Waals surface area contributed by atoms with Gasteiger partial charge in [0.1, 0.15) is 18.5 Å². The van der Waals surface area contributed by atoms with Crippen LogP contribution in [-0.2, 0) is 39.4 Å². The Morgan fingerprint density at radius 3 is 2.91 bits per heavy atom. The van der Waals surface area contributed by atoms with E-state index >= 15 is 0 Å². The van der Waals surface area contributed by atoms with E-state index in [1.807, 2.05) is 4.90 Å². The zero-order chi connectivity index (χ0) is 23.4. The first-order valence-corrected chi connectivity index (χ1v) is 12.2. The van der Waals surface area contributed by atoms with E-state index in [9.17, 15) is 9.59 Å². The van der Waals surface area contributed by atoms with Crippen molar-refractivity contribution in [3.63, 3.8) is 0 Å². The van der Waals surface area contributed by atoms with Gasteiger partial charge in [0.2, 0.25) is 11.8 Å². The summed E-state index contributed by atoms with van der Waals surface area (Å²) >= 11 is 0. The third kappa shape index (κ3) is 3.43. The van der Waals surface area contributed by atoms with Crippen molar-refractivity contribution in [2.45, 2.75) is 76.3 Å². The molecule has 10 heteroatoms. The molecular weight excluding hydrogens is 434 g/mol. The minimum Gasteiger partial charge on any atom is -0.368 e. The van der Waals surface area contributed by atoms with Crippen molar-refractivity contribution in [1.82, 2.24) is 30.1 Å². The van der Waals surface area contributed by atoms with Crippen LogP contribution in [0.5, 0.6) is 0 Å². The number of aryl methyl sites for hydroxylation is 1. The molecule has 2 amide bonds.